The third-order valence-electron chi connectivity index (χ3n) is 2.68. The summed E-state index contributed by atoms with van der Waals surface area (Å²) < 4.78 is 5.59. The normalized spacial score (nSPS) is 18.4. The maximum Gasteiger partial charge on any atom is 0.142 e. The number of hydrogen-bond donors (Lipinski definition) is 2. The summed E-state index contributed by atoms with van der Waals surface area (Å²) in [5, 5.41) is 6.69. The Morgan fingerprint density at radius 1 is 1.53 bits per heavy atom. The molecule has 82 valence electrons. The molecule has 2 N–H and O–H groups in total. The minimum atomic E-state index is 0.492. The Morgan fingerprint density at radius 2 is 2.40 bits per heavy atom. The van der Waals surface area contributed by atoms with Crippen molar-refractivity contribution in [2.24, 2.45) is 0 Å². The first-order valence-corrected chi connectivity index (χ1v) is 5.51. The summed E-state index contributed by atoms with van der Waals surface area (Å²) in [5.41, 5.74) is 2.54. The molecule has 0 spiro atoms. The van der Waals surface area contributed by atoms with E-state index in [1.807, 2.05) is 20.0 Å². The van der Waals surface area contributed by atoms with Crippen molar-refractivity contribution in [3.05, 3.63) is 23.8 Å². The van der Waals surface area contributed by atoms with Gasteiger partial charge in [0.1, 0.15) is 5.75 Å². The SMILES string of the molecule is CCOc1cccc2c1NC(CNC)C2. The van der Waals surface area contributed by atoms with Crippen molar-refractivity contribution >= 4 is 5.69 Å². The van der Waals surface area contributed by atoms with E-state index in [0.29, 0.717) is 6.04 Å². The van der Waals surface area contributed by atoms with E-state index in [1.54, 1.807) is 0 Å². The average Bonchev–Trinajstić information content (AvgIpc) is 2.62. The fourth-order valence-corrected chi connectivity index (χ4v) is 2.08. The van der Waals surface area contributed by atoms with E-state index in [0.717, 1.165) is 25.3 Å². The van der Waals surface area contributed by atoms with Gasteiger partial charge in [-0.3, -0.25) is 0 Å². The third kappa shape index (κ3) is 2.07. The highest BCUT2D eigenvalue weighted by molar-refractivity contribution is 5.66. The smallest absolute Gasteiger partial charge is 0.142 e. The van der Waals surface area contributed by atoms with Crippen LogP contribution < -0.4 is 15.4 Å². The maximum absolute atomic E-state index is 5.59. The lowest BCUT2D eigenvalue weighted by atomic mass is 10.1. The molecule has 0 radical (unpaired) electrons. The average molecular weight is 206 g/mol. The molecule has 1 unspecified atom stereocenters. The van der Waals surface area contributed by atoms with Crippen LogP contribution in [0.25, 0.3) is 0 Å². The highest BCUT2D eigenvalue weighted by atomic mass is 16.5. The molecule has 0 aliphatic carbocycles. The molecule has 2 rings (SSSR count). The molecule has 15 heavy (non-hydrogen) atoms. The molecule has 1 aromatic carbocycles. The predicted molar refractivity (Wildman–Crippen MR) is 62.7 cm³/mol. The molecule has 1 atom stereocenters. The Hall–Kier alpha value is -1.22. The van der Waals surface area contributed by atoms with Gasteiger partial charge in [0.05, 0.1) is 12.3 Å². The van der Waals surface area contributed by atoms with Crippen LogP contribution in [-0.4, -0.2) is 26.2 Å². The molecule has 3 heteroatoms. The molecule has 0 bridgehead atoms. The van der Waals surface area contributed by atoms with Crippen molar-refractivity contribution in [2.75, 3.05) is 25.5 Å². The van der Waals surface area contributed by atoms with Crippen LogP contribution in [0, 0.1) is 0 Å². The summed E-state index contributed by atoms with van der Waals surface area (Å²) in [6.07, 6.45) is 1.08. The standard InChI is InChI=1S/C12H18N2O/c1-3-15-11-6-4-5-9-7-10(8-13-2)14-12(9)11/h4-6,10,13-14H,3,7-8H2,1-2H3. The van der Waals surface area contributed by atoms with Crippen LogP contribution >= 0.6 is 0 Å². The van der Waals surface area contributed by atoms with E-state index in [2.05, 4.69) is 22.8 Å². The van der Waals surface area contributed by atoms with Gasteiger partial charge in [0.2, 0.25) is 0 Å². The van der Waals surface area contributed by atoms with Crippen molar-refractivity contribution in [1.82, 2.24) is 5.32 Å². The molecule has 0 fully saturated rings. The number of ether oxygens (including phenoxy) is 1. The summed E-state index contributed by atoms with van der Waals surface area (Å²) in [5.74, 6) is 0.980. The minimum absolute atomic E-state index is 0.492. The number of nitrogens with one attached hydrogen (secondary N) is 2. The van der Waals surface area contributed by atoms with Gasteiger partial charge in [-0.15, -0.1) is 0 Å². The predicted octanol–water partition coefficient (Wildman–Crippen LogP) is 1.64. The Labute approximate surface area is 90.8 Å². The van der Waals surface area contributed by atoms with E-state index in [1.165, 1.54) is 11.3 Å². The zero-order chi connectivity index (χ0) is 10.7. The second-order valence-electron chi connectivity index (χ2n) is 3.83. The van der Waals surface area contributed by atoms with Crippen molar-refractivity contribution in [3.63, 3.8) is 0 Å². The van der Waals surface area contributed by atoms with Crippen LogP contribution in [0.2, 0.25) is 0 Å². The van der Waals surface area contributed by atoms with Crippen molar-refractivity contribution in [1.29, 1.82) is 0 Å². The monoisotopic (exact) mass is 206 g/mol. The number of benzene rings is 1. The van der Waals surface area contributed by atoms with Gasteiger partial charge < -0.3 is 15.4 Å². The minimum Gasteiger partial charge on any atom is -0.492 e. The first-order chi connectivity index (χ1) is 7.35. The van der Waals surface area contributed by atoms with Crippen molar-refractivity contribution in [3.8, 4) is 5.75 Å². The molecule has 1 aliphatic heterocycles. The lowest BCUT2D eigenvalue weighted by molar-refractivity contribution is 0.342. The van der Waals surface area contributed by atoms with E-state index < -0.39 is 0 Å². The first-order valence-electron chi connectivity index (χ1n) is 5.51. The summed E-state index contributed by atoms with van der Waals surface area (Å²) in [6.45, 7) is 3.72. The number of hydrogen-bond acceptors (Lipinski definition) is 3. The van der Waals surface area contributed by atoms with Gasteiger partial charge in [0.15, 0.2) is 0 Å². The highest BCUT2D eigenvalue weighted by Gasteiger charge is 2.22. The van der Waals surface area contributed by atoms with Crippen LogP contribution in [0.5, 0.6) is 5.75 Å². The summed E-state index contributed by atoms with van der Waals surface area (Å²) >= 11 is 0. The maximum atomic E-state index is 5.59. The quantitative estimate of drug-likeness (QED) is 0.785. The lowest BCUT2D eigenvalue weighted by Crippen LogP contribution is -2.28. The Kier molecular flexibility index (Phi) is 3.11. The molecule has 3 nitrogen and oxygen atoms in total. The number of likely N-dealkylation sites (N-methyl/N-ethyl adjacent to an activating group) is 1. The number of fused-ring (bicyclic) bond motifs is 1. The Bertz CT molecular complexity index is 338. The fourth-order valence-electron chi connectivity index (χ4n) is 2.08. The van der Waals surface area contributed by atoms with Gasteiger partial charge in [0.25, 0.3) is 0 Å². The van der Waals surface area contributed by atoms with Gasteiger partial charge in [-0.2, -0.15) is 0 Å². The largest absolute Gasteiger partial charge is 0.492 e. The van der Waals surface area contributed by atoms with Gasteiger partial charge in [-0.05, 0) is 32.0 Å². The van der Waals surface area contributed by atoms with Crippen LogP contribution in [-0.2, 0) is 6.42 Å². The molecule has 1 heterocycles. The summed E-state index contributed by atoms with van der Waals surface area (Å²) in [7, 11) is 1.98. The van der Waals surface area contributed by atoms with Crippen LogP contribution in [0.4, 0.5) is 5.69 Å². The zero-order valence-corrected chi connectivity index (χ0v) is 9.34. The molecular weight excluding hydrogens is 188 g/mol. The Morgan fingerprint density at radius 3 is 3.13 bits per heavy atom. The van der Waals surface area contributed by atoms with E-state index in [9.17, 15) is 0 Å². The number of anilines is 1. The number of rotatable bonds is 4. The zero-order valence-electron chi connectivity index (χ0n) is 9.34. The van der Waals surface area contributed by atoms with E-state index in [4.69, 9.17) is 4.74 Å². The fraction of sp³-hybridized carbons (Fsp3) is 0.500. The van der Waals surface area contributed by atoms with E-state index in [-0.39, 0.29) is 0 Å². The Balaban J connectivity index is 2.17. The molecule has 0 aromatic heterocycles. The first kappa shape index (κ1) is 10.3. The second-order valence-corrected chi connectivity index (χ2v) is 3.83. The topological polar surface area (TPSA) is 33.3 Å². The van der Waals surface area contributed by atoms with Gasteiger partial charge in [-0.1, -0.05) is 12.1 Å². The van der Waals surface area contributed by atoms with Gasteiger partial charge in [0, 0.05) is 12.6 Å². The third-order valence-corrected chi connectivity index (χ3v) is 2.68. The molecule has 0 amide bonds. The summed E-state index contributed by atoms with van der Waals surface area (Å²) in [6, 6.07) is 6.75. The van der Waals surface area contributed by atoms with Gasteiger partial charge in [-0.25, -0.2) is 0 Å². The van der Waals surface area contributed by atoms with Crippen LogP contribution in [0.3, 0.4) is 0 Å². The molecule has 0 saturated carbocycles. The molecule has 1 aromatic rings. The number of para-hydroxylation sites is 1. The van der Waals surface area contributed by atoms with Crippen molar-refractivity contribution in [2.45, 2.75) is 19.4 Å². The van der Waals surface area contributed by atoms with Crippen LogP contribution in [0.1, 0.15) is 12.5 Å². The molecular formula is C12H18N2O. The second kappa shape index (κ2) is 4.53. The highest BCUT2D eigenvalue weighted by Crippen LogP contribution is 2.34. The van der Waals surface area contributed by atoms with E-state index >= 15 is 0 Å². The van der Waals surface area contributed by atoms with Crippen molar-refractivity contribution < 1.29 is 4.74 Å². The van der Waals surface area contributed by atoms with Crippen LogP contribution in [0.15, 0.2) is 18.2 Å². The lowest BCUT2D eigenvalue weighted by Gasteiger charge is -2.12. The molecule has 0 saturated heterocycles. The molecule has 1 aliphatic rings. The van der Waals surface area contributed by atoms with Gasteiger partial charge >= 0.3 is 0 Å². The summed E-state index contributed by atoms with van der Waals surface area (Å²) in [4.78, 5) is 0.